The van der Waals surface area contributed by atoms with Crippen molar-refractivity contribution in [2.45, 2.75) is 32.9 Å². The molecule has 7 heteroatoms. The third-order valence-corrected chi connectivity index (χ3v) is 4.76. The summed E-state index contributed by atoms with van der Waals surface area (Å²) in [4.78, 5) is 11.8. The highest BCUT2D eigenvalue weighted by molar-refractivity contribution is 7.91. The lowest BCUT2D eigenvalue weighted by molar-refractivity contribution is -0.122. The molecule has 1 aromatic heterocycles. The van der Waals surface area contributed by atoms with Crippen molar-refractivity contribution in [3.63, 3.8) is 0 Å². The third kappa shape index (κ3) is 3.10. The molecule has 0 radical (unpaired) electrons. The Balaban J connectivity index is 1.92. The zero-order chi connectivity index (χ0) is 13.3. The molecule has 1 fully saturated rings. The van der Waals surface area contributed by atoms with Gasteiger partial charge in [0.2, 0.25) is 5.91 Å². The number of hydrogen-bond acceptors (Lipinski definition) is 4. The SMILES string of the molecule is Cc1cc(C)n(CC(=O)NC2CCS(=O)(=O)C2)n1. The number of nitrogens with zero attached hydrogens (tertiary/aromatic N) is 2. The van der Waals surface area contributed by atoms with E-state index in [0.717, 1.165) is 11.4 Å². The van der Waals surface area contributed by atoms with Crippen LogP contribution in [0.1, 0.15) is 17.8 Å². The van der Waals surface area contributed by atoms with Crippen LogP contribution in [-0.4, -0.2) is 41.7 Å². The van der Waals surface area contributed by atoms with E-state index in [4.69, 9.17) is 0 Å². The third-order valence-electron chi connectivity index (χ3n) is 2.99. The van der Waals surface area contributed by atoms with Gasteiger partial charge in [-0.3, -0.25) is 9.48 Å². The lowest BCUT2D eigenvalue weighted by atomic mass is 10.2. The number of amides is 1. The number of carbonyl (C=O) groups excluding carboxylic acids is 1. The van der Waals surface area contributed by atoms with Gasteiger partial charge in [0.25, 0.3) is 0 Å². The van der Waals surface area contributed by atoms with E-state index >= 15 is 0 Å². The van der Waals surface area contributed by atoms with Crippen LogP contribution in [0.2, 0.25) is 0 Å². The summed E-state index contributed by atoms with van der Waals surface area (Å²) in [5.41, 5.74) is 1.78. The van der Waals surface area contributed by atoms with Gasteiger partial charge in [-0.25, -0.2) is 8.42 Å². The molecule has 6 nitrogen and oxygen atoms in total. The maximum absolute atomic E-state index is 11.8. The van der Waals surface area contributed by atoms with Gasteiger partial charge in [0.1, 0.15) is 6.54 Å². The first-order valence-electron chi connectivity index (χ1n) is 5.86. The molecule has 1 atom stereocenters. The van der Waals surface area contributed by atoms with Crippen molar-refractivity contribution in [2.75, 3.05) is 11.5 Å². The molecule has 18 heavy (non-hydrogen) atoms. The van der Waals surface area contributed by atoms with Gasteiger partial charge in [-0.05, 0) is 26.3 Å². The summed E-state index contributed by atoms with van der Waals surface area (Å²) in [6, 6.07) is 1.65. The van der Waals surface area contributed by atoms with E-state index in [1.165, 1.54) is 0 Å². The topological polar surface area (TPSA) is 81.1 Å². The first kappa shape index (κ1) is 13.1. The molecule has 0 aromatic carbocycles. The molecule has 1 aliphatic heterocycles. The Bertz CT molecular complexity index is 562. The number of aromatic nitrogens is 2. The molecular weight excluding hydrogens is 254 g/mol. The smallest absolute Gasteiger partial charge is 0.241 e. The Kier molecular flexibility index (Phi) is 3.43. The molecule has 2 rings (SSSR count). The number of aryl methyl sites for hydroxylation is 2. The van der Waals surface area contributed by atoms with E-state index in [1.807, 2.05) is 19.9 Å². The van der Waals surface area contributed by atoms with Gasteiger partial charge in [0, 0.05) is 11.7 Å². The van der Waals surface area contributed by atoms with E-state index in [2.05, 4.69) is 10.4 Å². The van der Waals surface area contributed by atoms with Crippen LogP contribution in [0.5, 0.6) is 0 Å². The molecule has 0 spiro atoms. The Hall–Kier alpha value is -1.37. The van der Waals surface area contributed by atoms with Crippen molar-refractivity contribution >= 4 is 15.7 Å². The lowest BCUT2D eigenvalue weighted by Crippen LogP contribution is -2.38. The number of hydrogen-bond donors (Lipinski definition) is 1. The molecule has 100 valence electrons. The van der Waals surface area contributed by atoms with Gasteiger partial charge in [-0.2, -0.15) is 5.10 Å². The zero-order valence-electron chi connectivity index (χ0n) is 10.5. The Morgan fingerprint density at radius 3 is 2.78 bits per heavy atom. The van der Waals surface area contributed by atoms with Crippen LogP contribution < -0.4 is 5.32 Å². The van der Waals surface area contributed by atoms with E-state index < -0.39 is 9.84 Å². The van der Waals surface area contributed by atoms with Crippen LogP contribution in [0, 0.1) is 13.8 Å². The van der Waals surface area contributed by atoms with Gasteiger partial charge in [0.15, 0.2) is 9.84 Å². The fourth-order valence-corrected chi connectivity index (χ4v) is 3.83. The average Bonchev–Trinajstić information content (AvgIpc) is 2.70. The first-order chi connectivity index (χ1) is 8.35. The van der Waals surface area contributed by atoms with E-state index in [-0.39, 0.29) is 30.0 Å². The second kappa shape index (κ2) is 4.72. The summed E-state index contributed by atoms with van der Waals surface area (Å²) in [7, 11) is -2.96. The molecule has 0 bridgehead atoms. The second-order valence-corrected chi connectivity index (χ2v) is 6.98. The van der Waals surface area contributed by atoms with Crippen molar-refractivity contribution in [2.24, 2.45) is 0 Å². The lowest BCUT2D eigenvalue weighted by Gasteiger charge is -2.11. The minimum Gasteiger partial charge on any atom is -0.351 e. The fraction of sp³-hybridized carbons (Fsp3) is 0.636. The highest BCUT2D eigenvalue weighted by Gasteiger charge is 2.28. The van der Waals surface area contributed by atoms with Crippen molar-refractivity contribution in [1.82, 2.24) is 15.1 Å². The van der Waals surface area contributed by atoms with E-state index in [0.29, 0.717) is 6.42 Å². The standard InChI is InChI=1S/C11H17N3O3S/c1-8-5-9(2)14(13-8)6-11(15)12-10-3-4-18(16,17)7-10/h5,10H,3-4,6-7H2,1-2H3,(H,12,15). The normalized spacial score (nSPS) is 22.0. The van der Waals surface area contributed by atoms with Gasteiger partial charge in [0.05, 0.1) is 17.2 Å². The fourth-order valence-electron chi connectivity index (χ4n) is 2.15. The number of carbonyl (C=O) groups is 1. The quantitative estimate of drug-likeness (QED) is 0.825. The van der Waals surface area contributed by atoms with Gasteiger partial charge >= 0.3 is 0 Å². The van der Waals surface area contributed by atoms with E-state index in [9.17, 15) is 13.2 Å². The molecule has 2 heterocycles. The van der Waals surface area contributed by atoms with Crippen LogP contribution >= 0.6 is 0 Å². The zero-order valence-corrected chi connectivity index (χ0v) is 11.3. The molecule has 0 saturated carbocycles. The van der Waals surface area contributed by atoms with Crippen LogP contribution in [-0.2, 0) is 21.2 Å². The maximum atomic E-state index is 11.8. The summed E-state index contributed by atoms with van der Waals surface area (Å²) in [5, 5.41) is 6.93. The first-order valence-corrected chi connectivity index (χ1v) is 7.69. The summed E-state index contributed by atoms with van der Waals surface area (Å²) in [6.07, 6.45) is 0.505. The van der Waals surface area contributed by atoms with Crippen LogP contribution in [0.25, 0.3) is 0 Å². The molecule has 1 aliphatic rings. The molecule has 1 N–H and O–H groups in total. The van der Waals surface area contributed by atoms with Gasteiger partial charge in [-0.15, -0.1) is 0 Å². The second-order valence-electron chi connectivity index (χ2n) is 4.75. The van der Waals surface area contributed by atoms with Crippen LogP contribution in [0.4, 0.5) is 0 Å². The summed E-state index contributed by atoms with van der Waals surface area (Å²) >= 11 is 0. The minimum absolute atomic E-state index is 0.0514. The molecular formula is C11H17N3O3S. The molecule has 1 saturated heterocycles. The summed E-state index contributed by atoms with van der Waals surface area (Å²) < 4.78 is 24.2. The summed E-state index contributed by atoms with van der Waals surface area (Å²) in [6.45, 7) is 3.88. The van der Waals surface area contributed by atoms with Crippen LogP contribution in [0.3, 0.4) is 0 Å². The Morgan fingerprint density at radius 2 is 2.28 bits per heavy atom. The summed E-state index contributed by atoms with van der Waals surface area (Å²) in [5.74, 6) is 0.0246. The van der Waals surface area contributed by atoms with Crippen LogP contribution in [0.15, 0.2) is 6.07 Å². The highest BCUT2D eigenvalue weighted by atomic mass is 32.2. The molecule has 1 amide bonds. The number of sulfone groups is 1. The predicted octanol–water partition coefficient (Wildman–Crippen LogP) is -0.197. The van der Waals surface area contributed by atoms with E-state index in [1.54, 1.807) is 4.68 Å². The van der Waals surface area contributed by atoms with Crippen molar-refractivity contribution in [3.05, 3.63) is 17.5 Å². The van der Waals surface area contributed by atoms with Gasteiger partial charge in [-0.1, -0.05) is 0 Å². The number of rotatable bonds is 3. The van der Waals surface area contributed by atoms with Crippen molar-refractivity contribution < 1.29 is 13.2 Å². The molecule has 0 aliphatic carbocycles. The van der Waals surface area contributed by atoms with Crippen molar-refractivity contribution in [1.29, 1.82) is 0 Å². The number of nitrogens with one attached hydrogen (secondary N) is 1. The minimum atomic E-state index is -2.96. The predicted molar refractivity (Wildman–Crippen MR) is 66.9 cm³/mol. The van der Waals surface area contributed by atoms with Crippen molar-refractivity contribution in [3.8, 4) is 0 Å². The highest BCUT2D eigenvalue weighted by Crippen LogP contribution is 2.11. The molecule has 1 aromatic rings. The average molecular weight is 271 g/mol. The Morgan fingerprint density at radius 1 is 1.56 bits per heavy atom. The maximum Gasteiger partial charge on any atom is 0.241 e. The van der Waals surface area contributed by atoms with Gasteiger partial charge < -0.3 is 5.32 Å². The monoisotopic (exact) mass is 271 g/mol. The Labute approximate surface area is 106 Å². The molecule has 1 unspecified atom stereocenters. The largest absolute Gasteiger partial charge is 0.351 e.